The highest BCUT2D eigenvalue weighted by Crippen LogP contribution is 2.29. The minimum atomic E-state index is -0.204. The molecular weight excluding hydrogens is 402 g/mol. The Balaban J connectivity index is 1.43. The molecule has 0 saturated heterocycles. The molecule has 2 aromatic carbocycles. The van der Waals surface area contributed by atoms with E-state index in [9.17, 15) is 9.59 Å². The van der Waals surface area contributed by atoms with E-state index in [1.807, 2.05) is 66.1 Å². The minimum Gasteiger partial charge on any atom is -0.310 e. The average Bonchev–Trinajstić information content (AvgIpc) is 3.16. The van der Waals surface area contributed by atoms with Crippen LogP contribution in [0.25, 0.3) is 27.8 Å². The number of carbonyl (C=O) groups excluding carboxylic acids is 1. The van der Waals surface area contributed by atoms with E-state index < -0.39 is 0 Å². The van der Waals surface area contributed by atoms with E-state index in [4.69, 9.17) is 4.98 Å². The summed E-state index contributed by atoms with van der Waals surface area (Å²) in [6.45, 7) is 2.24. The van der Waals surface area contributed by atoms with Crippen molar-refractivity contribution in [3.05, 3.63) is 95.2 Å². The highest BCUT2D eigenvalue weighted by molar-refractivity contribution is 5.94. The number of aryl methyl sites for hydroxylation is 2. The van der Waals surface area contributed by atoms with E-state index >= 15 is 0 Å². The summed E-state index contributed by atoms with van der Waals surface area (Å²) in [5, 5.41) is 3.54. The number of nitrogens with zero attached hydrogens (tertiary/aromatic N) is 4. The molecule has 0 unspecified atom stereocenters. The van der Waals surface area contributed by atoms with Gasteiger partial charge in [-0.15, -0.1) is 0 Å². The summed E-state index contributed by atoms with van der Waals surface area (Å²) < 4.78 is 3.34. The number of carbonyl (C=O) groups is 1. The molecular formula is C25H21N5O2. The number of imidazole rings is 1. The van der Waals surface area contributed by atoms with Gasteiger partial charge in [-0.1, -0.05) is 42.5 Å². The maximum atomic E-state index is 12.9. The Morgan fingerprint density at radius 2 is 1.81 bits per heavy atom. The predicted molar refractivity (Wildman–Crippen MR) is 125 cm³/mol. The number of pyridine rings is 1. The van der Waals surface area contributed by atoms with Gasteiger partial charge in [0, 0.05) is 24.7 Å². The zero-order valence-electron chi connectivity index (χ0n) is 17.5. The lowest BCUT2D eigenvalue weighted by Crippen LogP contribution is -2.24. The van der Waals surface area contributed by atoms with Gasteiger partial charge in [-0.05, 0) is 36.8 Å². The second kappa shape index (κ2) is 8.11. The van der Waals surface area contributed by atoms with E-state index in [1.54, 1.807) is 18.2 Å². The predicted octanol–water partition coefficient (Wildman–Crippen LogP) is 4.05. The minimum absolute atomic E-state index is 0.132. The molecule has 7 heteroatoms. The summed E-state index contributed by atoms with van der Waals surface area (Å²) in [6.07, 6.45) is 3.52. The number of para-hydroxylation sites is 1. The Kier molecular flexibility index (Phi) is 4.99. The van der Waals surface area contributed by atoms with Crippen LogP contribution in [0.3, 0.4) is 0 Å². The Bertz CT molecular complexity index is 1500. The molecule has 3 aromatic heterocycles. The molecule has 3 heterocycles. The molecule has 158 valence electrons. The van der Waals surface area contributed by atoms with Crippen LogP contribution >= 0.6 is 0 Å². The molecule has 1 N–H and O–H groups in total. The van der Waals surface area contributed by atoms with Crippen LogP contribution in [0.1, 0.15) is 12.0 Å². The molecule has 0 saturated carbocycles. The van der Waals surface area contributed by atoms with Crippen LogP contribution in [0.2, 0.25) is 0 Å². The van der Waals surface area contributed by atoms with Crippen molar-refractivity contribution in [1.82, 2.24) is 18.9 Å². The molecule has 0 aliphatic carbocycles. The van der Waals surface area contributed by atoms with Crippen LogP contribution in [0.5, 0.6) is 0 Å². The van der Waals surface area contributed by atoms with E-state index in [0.717, 1.165) is 16.8 Å². The number of rotatable bonds is 5. The summed E-state index contributed by atoms with van der Waals surface area (Å²) in [6, 6.07) is 20.9. The maximum Gasteiger partial charge on any atom is 0.261 e. The largest absolute Gasteiger partial charge is 0.310 e. The van der Waals surface area contributed by atoms with Gasteiger partial charge >= 0.3 is 0 Å². The lowest BCUT2D eigenvalue weighted by atomic mass is 10.1. The van der Waals surface area contributed by atoms with E-state index in [1.165, 1.54) is 10.9 Å². The maximum absolute atomic E-state index is 12.9. The van der Waals surface area contributed by atoms with E-state index in [2.05, 4.69) is 10.3 Å². The monoisotopic (exact) mass is 423 g/mol. The summed E-state index contributed by atoms with van der Waals surface area (Å²) >= 11 is 0. The van der Waals surface area contributed by atoms with E-state index in [-0.39, 0.29) is 24.4 Å². The summed E-state index contributed by atoms with van der Waals surface area (Å²) in [7, 11) is 0. The number of amides is 1. The average molecular weight is 423 g/mol. The number of fused-ring (bicyclic) bond motifs is 2. The van der Waals surface area contributed by atoms with Gasteiger partial charge in [0.1, 0.15) is 17.2 Å². The van der Waals surface area contributed by atoms with Gasteiger partial charge in [-0.2, -0.15) is 0 Å². The SMILES string of the molecule is Cc1ccn2c(NC(=O)CCn3cnc4ccccc4c3=O)c(-c3ccccc3)nc2c1. The molecule has 0 radical (unpaired) electrons. The molecule has 0 spiro atoms. The standard InChI is InChI=1S/C25H21N5O2/c1-17-11-14-30-21(15-17)27-23(18-7-3-2-4-8-18)24(30)28-22(31)12-13-29-16-26-20-10-6-5-9-19(20)25(29)32/h2-11,14-16H,12-13H2,1H3,(H,28,31). The second-order valence-electron chi connectivity index (χ2n) is 7.67. The summed E-state index contributed by atoms with van der Waals surface area (Å²) in [5.74, 6) is 0.407. The van der Waals surface area contributed by atoms with Crippen LogP contribution in [-0.2, 0) is 11.3 Å². The smallest absolute Gasteiger partial charge is 0.261 e. The quantitative estimate of drug-likeness (QED) is 0.462. The number of nitrogens with one attached hydrogen (secondary N) is 1. The van der Waals surface area contributed by atoms with Crippen molar-refractivity contribution < 1.29 is 4.79 Å². The molecule has 1 amide bonds. The molecule has 32 heavy (non-hydrogen) atoms. The third-order valence-corrected chi connectivity index (χ3v) is 5.40. The van der Waals surface area contributed by atoms with Gasteiger partial charge in [-0.25, -0.2) is 9.97 Å². The molecule has 7 nitrogen and oxygen atoms in total. The zero-order valence-corrected chi connectivity index (χ0v) is 17.5. The molecule has 5 aromatic rings. The van der Waals surface area contributed by atoms with Crippen molar-refractivity contribution in [3.63, 3.8) is 0 Å². The molecule has 0 aliphatic heterocycles. The highest BCUT2D eigenvalue weighted by atomic mass is 16.2. The third kappa shape index (κ3) is 3.65. The number of aromatic nitrogens is 4. The van der Waals surface area contributed by atoms with Gasteiger partial charge in [-0.3, -0.25) is 18.6 Å². The zero-order chi connectivity index (χ0) is 22.1. The number of hydrogen-bond acceptors (Lipinski definition) is 4. The van der Waals surface area contributed by atoms with Gasteiger partial charge in [0.2, 0.25) is 5.91 Å². The van der Waals surface area contributed by atoms with Crippen LogP contribution < -0.4 is 10.9 Å². The van der Waals surface area contributed by atoms with Crippen molar-refractivity contribution in [3.8, 4) is 11.3 Å². The normalized spacial score (nSPS) is 11.2. The first-order chi connectivity index (χ1) is 15.6. The fraction of sp³-hybridized carbons (Fsp3) is 0.120. The summed E-state index contributed by atoms with van der Waals surface area (Å²) in [5.41, 5.74) is 3.95. The number of anilines is 1. The Labute approximate surface area is 184 Å². The number of hydrogen-bond donors (Lipinski definition) is 1. The van der Waals surface area contributed by atoms with Crippen LogP contribution in [0, 0.1) is 6.92 Å². The molecule has 0 aliphatic rings. The van der Waals surface area contributed by atoms with Crippen LogP contribution in [0.15, 0.2) is 84.0 Å². The van der Waals surface area contributed by atoms with E-state index in [0.29, 0.717) is 22.4 Å². The Morgan fingerprint density at radius 1 is 1.03 bits per heavy atom. The lowest BCUT2D eigenvalue weighted by Gasteiger charge is -2.09. The Morgan fingerprint density at radius 3 is 2.66 bits per heavy atom. The van der Waals surface area contributed by atoms with Crippen LogP contribution in [-0.4, -0.2) is 24.8 Å². The summed E-state index contributed by atoms with van der Waals surface area (Å²) in [4.78, 5) is 34.6. The van der Waals surface area contributed by atoms with Crippen molar-refractivity contribution in [2.24, 2.45) is 0 Å². The highest BCUT2D eigenvalue weighted by Gasteiger charge is 2.17. The van der Waals surface area contributed by atoms with Crippen molar-refractivity contribution in [2.45, 2.75) is 19.9 Å². The van der Waals surface area contributed by atoms with Crippen molar-refractivity contribution in [2.75, 3.05) is 5.32 Å². The molecule has 0 atom stereocenters. The van der Waals surface area contributed by atoms with Crippen molar-refractivity contribution >= 4 is 28.3 Å². The third-order valence-electron chi connectivity index (χ3n) is 5.40. The first-order valence-electron chi connectivity index (χ1n) is 10.4. The van der Waals surface area contributed by atoms with Gasteiger partial charge in [0.25, 0.3) is 5.56 Å². The van der Waals surface area contributed by atoms with Crippen molar-refractivity contribution in [1.29, 1.82) is 0 Å². The number of benzene rings is 2. The second-order valence-corrected chi connectivity index (χ2v) is 7.67. The fourth-order valence-electron chi connectivity index (χ4n) is 3.75. The molecule has 5 rings (SSSR count). The first kappa shape index (κ1) is 19.7. The van der Waals surface area contributed by atoms with Gasteiger partial charge in [0.05, 0.1) is 17.2 Å². The van der Waals surface area contributed by atoms with Gasteiger partial charge in [0.15, 0.2) is 0 Å². The first-order valence-corrected chi connectivity index (χ1v) is 10.4. The molecule has 0 fully saturated rings. The molecule has 0 bridgehead atoms. The topological polar surface area (TPSA) is 81.3 Å². The van der Waals surface area contributed by atoms with Gasteiger partial charge < -0.3 is 5.32 Å². The van der Waals surface area contributed by atoms with Crippen LogP contribution in [0.4, 0.5) is 5.82 Å². The lowest BCUT2D eigenvalue weighted by molar-refractivity contribution is -0.116. The fourth-order valence-corrected chi connectivity index (χ4v) is 3.75. The Hall–Kier alpha value is -4.26.